The first-order chi connectivity index (χ1) is 10.7. The number of anilines is 1. The van der Waals surface area contributed by atoms with Crippen molar-refractivity contribution in [2.45, 2.75) is 26.3 Å². The minimum absolute atomic E-state index is 0.100. The number of carbonyl (C=O) groups excluding carboxylic acids is 1. The normalized spacial score (nSPS) is 12.3. The molecule has 0 radical (unpaired) electrons. The summed E-state index contributed by atoms with van der Waals surface area (Å²) in [4.78, 5) is 15.9. The average Bonchev–Trinajstić information content (AvgIpc) is 2.98. The Kier molecular flexibility index (Phi) is 3.96. The first-order valence-corrected chi connectivity index (χ1v) is 7.65. The van der Waals surface area contributed by atoms with Crippen molar-refractivity contribution in [1.29, 1.82) is 0 Å². The molecule has 3 aromatic rings. The maximum Gasteiger partial charge on any atom is 0.186 e. The number of para-hydroxylation sites is 2. The molecule has 0 saturated heterocycles. The van der Waals surface area contributed by atoms with Crippen LogP contribution in [-0.2, 0) is 6.42 Å². The fourth-order valence-electron chi connectivity index (χ4n) is 2.78. The lowest BCUT2D eigenvalue weighted by molar-refractivity contribution is 0.0977. The van der Waals surface area contributed by atoms with E-state index in [1.807, 2.05) is 49.4 Å². The molecule has 112 valence electrons. The number of hydrogen-bond donors (Lipinski definition) is 2. The van der Waals surface area contributed by atoms with Crippen LogP contribution in [0.15, 0.2) is 54.7 Å². The van der Waals surface area contributed by atoms with Crippen molar-refractivity contribution in [2.24, 2.45) is 0 Å². The lowest BCUT2D eigenvalue weighted by Gasteiger charge is -2.16. The topological polar surface area (TPSA) is 44.9 Å². The molecule has 3 nitrogen and oxygen atoms in total. The van der Waals surface area contributed by atoms with Gasteiger partial charge in [-0.2, -0.15) is 0 Å². The number of benzene rings is 2. The standard InChI is InChI=1S/C19H20N2O/c1-3-14-8-4-6-10-17(14)21-13(2)19(22)16-12-20-18-11-7-5-9-15(16)18/h4-13,20-21H,3H2,1-2H3/t13-/m1/s1. The van der Waals surface area contributed by atoms with E-state index in [9.17, 15) is 4.79 Å². The van der Waals surface area contributed by atoms with Crippen molar-refractivity contribution in [3.63, 3.8) is 0 Å². The van der Waals surface area contributed by atoms with E-state index in [1.165, 1.54) is 5.56 Å². The molecule has 3 heteroatoms. The van der Waals surface area contributed by atoms with Crippen LogP contribution in [-0.4, -0.2) is 16.8 Å². The summed E-state index contributed by atoms with van der Waals surface area (Å²) < 4.78 is 0. The number of aromatic nitrogens is 1. The summed E-state index contributed by atoms with van der Waals surface area (Å²) in [6.07, 6.45) is 2.74. The average molecular weight is 292 g/mol. The summed E-state index contributed by atoms with van der Waals surface area (Å²) in [5.41, 5.74) is 3.99. The molecule has 1 heterocycles. The summed E-state index contributed by atoms with van der Waals surface area (Å²) in [7, 11) is 0. The number of rotatable bonds is 5. The van der Waals surface area contributed by atoms with Crippen LogP contribution in [0.25, 0.3) is 10.9 Å². The molecule has 0 saturated carbocycles. The first-order valence-electron chi connectivity index (χ1n) is 7.65. The second-order valence-electron chi connectivity index (χ2n) is 5.49. The predicted molar refractivity (Wildman–Crippen MR) is 91.5 cm³/mol. The van der Waals surface area contributed by atoms with Crippen LogP contribution in [0.4, 0.5) is 5.69 Å². The highest BCUT2D eigenvalue weighted by atomic mass is 16.1. The van der Waals surface area contributed by atoms with Crippen molar-refractivity contribution < 1.29 is 4.79 Å². The Morgan fingerprint density at radius 1 is 1.14 bits per heavy atom. The summed E-state index contributed by atoms with van der Waals surface area (Å²) in [6, 6.07) is 15.7. The number of aromatic amines is 1. The van der Waals surface area contributed by atoms with Gasteiger partial charge in [-0.1, -0.05) is 43.3 Å². The summed E-state index contributed by atoms with van der Waals surface area (Å²) >= 11 is 0. The van der Waals surface area contributed by atoms with E-state index in [2.05, 4.69) is 23.3 Å². The number of H-pyrrole nitrogens is 1. The highest BCUT2D eigenvalue weighted by molar-refractivity contribution is 6.11. The minimum atomic E-state index is -0.271. The van der Waals surface area contributed by atoms with Gasteiger partial charge in [0.2, 0.25) is 0 Å². The van der Waals surface area contributed by atoms with E-state index in [1.54, 1.807) is 6.20 Å². The lowest BCUT2D eigenvalue weighted by atomic mass is 10.0. The van der Waals surface area contributed by atoms with E-state index >= 15 is 0 Å². The van der Waals surface area contributed by atoms with Crippen LogP contribution in [0.2, 0.25) is 0 Å². The third-order valence-corrected chi connectivity index (χ3v) is 4.02. The predicted octanol–water partition coefficient (Wildman–Crippen LogP) is 4.41. The van der Waals surface area contributed by atoms with Gasteiger partial charge in [-0.3, -0.25) is 4.79 Å². The van der Waals surface area contributed by atoms with Gasteiger partial charge in [0.05, 0.1) is 6.04 Å². The fourth-order valence-corrected chi connectivity index (χ4v) is 2.78. The third kappa shape index (κ3) is 2.62. The molecule has 0 aliphatic rings. The molecule has 0 aliphatic carbocycles. The molecule has 0 spiro atoms. The van der Waals surface area contributed by atoms with E-state index in [0.717, 1.165) is 28.6 Å². The number of carbonyl (C=O) groups is 1. The second-order valence-corrected chi connectivity index (χ2v) is 5.49. The third-order valence-electron chi connectivity index (χ3n) is 4.02. The van der Waals surface area contributed by atoms with Crippen LogP contribution in [0.1, 0.15) is 29.8 Å². The van der Waals surface area contributed by atoms with Gasteiger partial charge in [0, 0.05) is 28.4 Å². The SMILES string of the molecule is CCc1ccccc1N[C@H](C)C(=O)c1c[nH]c2ccccc12. The zero-order valence-corrected chi connectivity index (χ0v) is 12.9. The number of ketones is 1. The Labute approximate surface area is 130 Å². The van der Waals surface area contributed by atoms with E-state index < -0.39 is 0 Å². The molecular weight excluding hydrogens is 272 g/mol. The maximum atomic E-state index is 12.7. The summed E-state index contributed by atoms with van der Waals surface area (Å²) in [5, 5.41) is 4.33. The Bertz CT molecular complexity index is 804. The molecule has 3 rings (SSSR count). The molecule has 2 aromatic carbocycles. The molecule has 22 heavy (non-hydrogen) atoms. The molecule has 0 unspecified atom stereocenters. The molecule has 2 N–H and O–H groups in total. The lowest BCUT2D eigenvalue weighted by Crippen LogP contribution is -2.26. The van der Waals surface area contributed by atoms with Gasteiger partial charge in [-0.15, -0.1) is 0 Å². The van der Waals surface area contributed by atoms with Gasteiger partial charge in [-0.05, 0) is 31.0 Å². The van der Waals surface area contributed by atoms with Crippen molar-refractivity contribution >= 4 is 22.4 Å². The molecule has 0 aliphatic heterocycles. The van der Waals surface area contributed by atoms with E-state index in [4.69, 9.17) is 0 Å². The van der Waals surface area contributed by atoms with Crippen molar-refractivity contribution in [1.82, 2.24) is 4.98 Å². The number of aryl methyl sites for hydroxylation is 1. The number of Topliss-reactive ketones (excluding diaryl/α,β-unsaturated/α-hetero) is 1. The molecule has 0 bridgehead atoms. The first kappa shape index (κ1) is 14.4. The zero-order valence-electron chi connectivity index (χ0n) is 12.9. The van der Waals surface area contributed by atoms with E-state index in [0.29, 0.717) is 0 Å². The Balaban J connectivity index is 1.86. The van der Waals surface area contributed by atoms with Crippen molar-refractivity contribution in [3.05, 3.63) is 65.9 Å². The van der Waals surface area contributed by atoms with Gasteiger partial charge >= 0.3 is 0 Å². The fraction of sp³-hybridized carbons (Fsp3) is 0.211. The van der Waals surface area contributed by atoms with Gasteiger partial charge in [-0.25, -0.2) is 0 Å². The van der Waals surface area contributed by atoms with Crippen LogP contribution < -0.4 is 5.32 Å². The Morgan fingerprint density at radius 3 is 2.68 bits per heavy atom. The van der Waals surface area contributed by atoms with Crippen LogP contribution in [0, 0.1) is 0 Å². The number of hydrogen-bond acceptors (Lipinski definition) is 2. The quantitative estimate of drug-likeness (QED) is 0.684. The van der Waals surface area contributed by atoms with Crippen molar-refractivity contribution in [3.8, 4) is 0 Å². The van der Waals surface area contributed by atoms with Gasteiger partial charge in [0.1, 0.15) is 0 Å². The largest absolute Gasteiger partial charge is 0.375 e. The highest BCUT2D eigenvalue weighted by Crippen LogP contribution is 2.22. The molecule has 1 atom stereocenters. The van der Waals surface area contributed by atoms with Crippen LogP contribution >= 0.6 is 0 Å². The van der Waals surface area contributed by atoms with E-state index in [-0.39, 0.29) is 11.8 Å². The molecule has 0 fully saturated rings. The monoisotopic (exact) mass is 292 g/mol. The van der Waals surface area contributed by atoms with Gasteiger partial charge in [0.15, 0.2) is 5.78 Å². The van der Waals surface area contributed by atoms with Crippen molar-refractivity contribution in [2.75, 3.05) is 5.32 Å². The second kappa shape index (κ2) is 6.06. The van der Waals surface area contributed by atoms with Crippen LogP contribution in [0.3, 0.4) is 0 Å². The van der Waals surface area contributed by atoms with Crippen LogP contribution in [0.5, 0.6) is 0 Å². The molecular formula is C19H20N2O. The molecule has 0 amide bonds. The summed E-state index contributed by atoms with van der Waals surface area (Å²) in [5.74, 6) is 0.100. The smallest absolute Gasteiger partial charge is 0.186 e. The zero-order chi connectivity index (χ0) is 15.5. The highest BCUT2D eigenvalue weighted by Gasteiger charge is 2.19. The summed E-state index contributed by atoms with van der Waals surface area (Å²) in [6.45, 7) is 4.03. The minimum Gasteiger partial charge on any atom is -0.375 e. The number of nitrogens with one attached hydrogen (secondary N) is 2. The van der Waals surface area contributed by atoms with Gasteiger partial charge < -0.3 is 10.3 Å². The molecule has 1 aromatic heterocycles. The van der Waals surface area contributed by atoms with Gasteiger partial charge in [0.25, 0.3) is 0 Å². The Hall–Kier alpha value is -2.55. The maximum absolute atomic E-state index is 12.7. The Morgan fingerprint density at radius 2 is 1.86 bits per heavy atom. The number of fused-ring (bicyclic) bond motifs is 1.